The summed E-state index contributed by atoms with van der Waals surface area (Å²) in [5.41, 5.74) is -0.214. The van der Waals surface area contributed by atoms with Crippen LogP contribution in [0, 0.1) is 0 Å². The summed E-state index contributed by atoms with van der Waals surface area (Å²) < 4.78 is 37.7. The molecule has 1 aliphatic heterocycles. The van der Waals surface area contributed by atoms with Crippen molar-refractivity contribution in [3.8, 4) is 0 Å². The SMILES string of the molecule is CC(C)N1C(=O)c2ccc(C(=O)NCCNC(=O)c3ccc(C(F)(F)F)cc3)cc2C1=O. The van der Waals surface area contributed by atoms with Crippen molar-refractivity contribution in [3.63, 3.8) is 0 Å². The van der Waals surface area contributed by atoms with Crippen molar-refractivity contribution in [2.45, 2.75) is 26.1 Å². The number of halogens is 3. The molecule has 168 valence electrons. The molecular weight excluding hydrogens is 427 g/mol. The monoisotopic (exact) mass is 447 g/mol. The van der Waals surface area contributed by atoms with Gasteiger partial charge >= 0.3 is 6.18 Å². The van der Waals surface area contributed by atoms with Crippen molar-refractivity contribution < 1.29 is 32.3 Å². The lowest BCUT2D eigenvalue weighted by Crippen LogP contribution is -2.36. The number of carbonyl (C=O) groups is 4. The number of hydrogen-bond acceptors (Lipinski definition) is 4. The molecule has 0 unspecified atom stereocenters. The minimum Gasteiger partial charge on any atom is -0.350 e. The van der Waals surface area contributed by atoms with E-state index in [1.54, 1.807) is 13.8 Å². The van der Waals surface area contributed by atoms with E-state index in [0.29, 0.717) is 0 Å². The lowest BCUT2D eigenvalue weighted by molar-refractivity contribution is -0.137. The van der Waals surface area contributed by atoms with Crippen molar-refractivity contribution in [1.29, 1.82) is 0 Å². The van der Waals surface area contributed by atoms with Crippen LogP contribution < -0.4 is 10.6 Å². The van der Waals surface area contributed by atoms with Crippen LogP contribution in [0.15, 0.2) is 42.5 Å². The van der Waals surface area contributed by atoms with Gasteiger partial charge in [0, 0.05) is 30.3 Å². The van der Waals surface area contributed by atoms with E-state index in [-0.39, 0.29) is 41.4 Å². The molecule has 0 atom stereocenters. The van der Waals surface area contributed by atoms with Crippen molar-refractivity contribution in [2.75, 3.05) is 13.1 Å². The van der Waals surface area contributed by atoms with Crippen LogP contribution in [-0.4, -0.2) is 47.7 Å². The van der Waals surface area contributed by atoms with Gasteiger partial charge in [0.25, 0.3) is 23.6 Å². The number of imide groups is 1. The van der Waals surface area contributed by atoms with E-state index in [1.165, 1.54) is 18.2 Å². The number of nitrogens with zero attached hydrogens (tertiary/aromatic N) is 1. The molecular formula is C22H20F3N3O4. The largest absolute Gasteiger partial charge is 0.416 e. The molecule has 0 saturated carbocycles. The molecule has 1 aliphatic rings. The molecule has 4 amide bonds. The van der Waals surface area contributed by atoms with Gasteiger partial charge in [-0.25, -0.2) is 0 Å². The fourth-order valence-corrected chi connectivity index (χ4v) is 3.24. The van der Waals surface area contributed by atoms with Gasteiger partial charge in [-0.1, -0.05) is 0 Å². The predicted octanol–water partition coefficient (Wildman–Crippen LogP) is 2.87. The Bertz CT molecular complexity index is 1080. The Morgan fingerprint density at radius 2 is 1.34 bits per heavy atom. The molecule has 0 spiro atoms. The summed E-state index contributed by atoms with van der Waals surface area (Å²) in [6.45, 7) is 3.52. The van der Waals surface area contributed by atoms with E-state index in [1.807, 2.05) is 0 Å². The molecule has 0 saturated heterocycles. The number of alkyl halides is 3. The van der Waals surface area contributed by atoms with Crippen LogP contribution in [-0.2, 0) is 6.18 Å². The van der Waals surface area contributed by atoms with Gasteiger partial charge in [0.05, 0.1) is 16.7 Å². The Morgan fingerprint density at radius 1 is 0.844 bits per heavy atom. The molecule has 0 aromatic heterocycles. The third-order valence-electron chi connectivity index (χ3n) is 4.87. The maximum absolute atomic E-state index is 12.6. The molecule has 7 nitrogen and oxygen atoms in total. The smallest absolute Gasteiger partial charge is 0.350 e. The first-order chi connectivity index (χ1) is 15.0. The zero-order chi connectivity index (χ0) is 23.6. The van der Waals surface area contributed by atoms with Gasteiger partial charge in [0.1, 0.15) is 0 Å². The lowest BCUT2D eigenvalue weighted by atomic mass is 10.1. The zero-order valence-corrected chi connectivity index (χ0v) is 17.2. The molecule has 0 fully saturated rings. The van der Waals surface area contributed by atoms with Gasteiger partial charge in [0.15, 0.2) is 0 Å². The molecule has 2 aromatic carbocycles. The Morgan fingerprint density at radius 3 is 1.88 bits per heavy atom. The predicted molar refractivity (Wildman–Crippen MR) is 108 cm³/mol. The molecule has 0 bridgehead atoms. The normalized spacial score (nSPS) is 13.4. The fraction of sp³-hybridized carbons (Fsp3) is 0.273. The van der Waals surface area contributed by atoms with Crippen molar-refractivity contribution in [2.24, 2.45) is 0 Å². The highest BCUT2D eigenvalue weighted by molar-refractivity contribution is 6.22. The molecule has 1 heterocycles. The van der Waals surface area contributed by atoms with Crippen molar-refractivity contribution in [3.05, 3.63) is 70.3 Å². The average Bonchev–Trinajstić information content (AvgIpc) is 3.00. The highest BCUT2D eigenvalue weighted by Crippen LogP contribution is 2.29. The summed E-state index contributed by atoms with van der Waals surface area (Å²) in [6, 6.07) is 7.68. The second kappa shape index (κ2) is 8.81. The quantitative estimate of drug-likeness (QED) is 0.526. The van der Waals surface area contributed by atoms with E-state index in [9.17, 15) is 32.3 Å². The molecule has 10 heteroatoms. The van der Waals surface area contributed by atoms with Gasteiger partial charge in [0.2, 0.25) is 0 Å². The zero-order valence-electron chi connectivity index (χ0n) is 17.2. The molecule has 32 heavy (non-hydrogen) atoms. The van der Waals surface area contributed by atoms with E-state index >= 15 is 0 Å². The first-order valence-corrected chi connectivity index (χ1v) is 9.76. The van der Waals surface area contributed by atoms with Gasteiger partial charge in [-0.05, 0) is 56.3 Å². The Labute approximate surface area is 181 Å². The van der Waals surface area contributed by atoms with E-state index in [0.717, 1.165) is 29.2 Å². The number of rotatable bonds is 6. The molecule has 2 aromatic rings. The number of hydrogen-bond donors (Lipinski definition) is 2. The standard InChI is InChI=1S/C22H20F3N3O4/c1-12(2)28-20(31)16-8-5-14(11-17(16)21(28)32)19(30)27-10-9-26-18(29)13-3-6-15(7-4-13)22(23,24)25/h3-8,11-12H,9-10H2,1-2H3,(H,26,29)(H,27,30). The van der Waals surface area contributed by atoms with Crippen LogP contribution >= 0.6 is 0 Å². The Hall–Kier alpha value is -3.69. The maximum atomic E-state index is 12.6. The highest BCUT2D eigenvalue weighted by Gasteiger charge is 2.37. The highest BCUT2D eigenvalue weighted by atomic mass is 19.4. The topological polar surface area (TPSA) is 95.6 Å². The third kappa shape index (κ3) is 4.63. The lowest BCUT2D eigenvalue weighted by Gasteiger charge is -2.17. The summed E-state index contributed by atoms with van der Waals surface area (Å²) in [7, 11) is 0. The first kappa shape index (κ1) is 23.0. The summed E-state index contributed by atoms with van der Waals surface area (Å²) in [5, 5.41) is 5.07. The Balaban J connectivity index is 1.53. The van der Waals surface area contributed by atoms with Gasteiger partial charge < -0.3 is 10.6 Å². The summed E-state index contributed by atoms with van der Waals surface area (Å²) in [6.07, 6.45) is -4.48. The summed E-state index contributed by atoms with van der Waals surface area (Å²) >= 11 is 0. The third-order valence-corrected chi connectivity index (χ3v) is 4.87. The fourth-order valence-electron chi connectivity index (χ4n) is 3.24. The van der Waals surface area contributed by atoms with Crippen LogP contribution in [0.4, 0.5) is 13.2 Å². The van der Waals surface area contributed by atoms with Crippen LogP contribution in [0.5, 0.6) is 0 Å². The molecule has 2 N–H and O–H groups in total. The summed E-state index contributed by atoms with van der Waals surface area (Å²) in [5.74, 6) is -1.94. The van der Waals surface area contributed by atoms with Gasteiger partial charge in [-0.15, -0.1) is 0 Å². The number of amides is 4. The number of benzene rings is 2. The number of fused-ring (bicyclic) bond motifs is 1. The van der Waals surface area contributed by atoms with Crippen molar-refractivity contribution in [1.82, 2.24) is 15.5 Å². The minimum absolute atomic E-state index is 0.0368. The van der Waals surface area contributed by atoms with E-state index in [4.69, 9.17) is 0 Å². The molecule has 3 rings (SSSR count). The Kier molecular flexibility index (Phi) is 6.33. The minimum atomic E-state index is -4.48. The van der Waals surface area contributed by atoms with Gasteiger partial charge in [-0.2, -0.15) is 13.2 Å². The maximum Gasteiger partial charge on any atom is 0.416 e. The number of carbonyl (C=O) groups excluding carboxylic acids is 4. The average molecular weight is 447 g/mol. The van der Waals surface area contributed by atoms with Crippen LogP contribution in [0.2, 0.25) is 0 Å². The van der Waals surface area contributed by atoms with Crippen LogP contribution in [0.1, 0.15) is 60.8 Å². The second-order valence-electron chi connectivity index (χ2n) is 7.42. The summed E-state index contributed by atoms with van der Waals surface area (Å²) in [4.78, 5) is 50.2. The number of nitrogens with one attached hydrogen (secondary N) is 2. The molecule has 0 aliphatic carbocycles. The second-order valence-corrected chi connectivity index (χ2v) is 7.42. The van der Waals surface area contributed by atoms with Crippen LogP contribution in [0.3, 0.4) is 0 Å². The van der Waals surface area contributed by atoms with E-state index in [2.05, 4.69) is 10.6 Å². The van der Waals surface area contributed by atoms with Gasteiger partial charge in [-0.3, -0.25) is 24.1 Å². The molecule has 0 radical (unpaired) electrons. The first-order valence-electron chi connectivity index (χ1n) is 9.76. The van der Waals surface area contributed by atoms with Crippen LogP contribution in [0.25, 0.3) is 0 Å². The van der Waals surface area contributed by atoms with E-state index < -0.39 is 35.4 Å². The van der Waals surface area contributed by atoms with Crippen molar-refractivity contribution >= 4 is 23.6 Å².